The maximum atomic E-state index is 13.7. The summed E-state index contributed by atoms with van der Waals surface area (Å²) in [5, 5.41) is 11.8. The Kier molecular flexibility index (Phi) is 11.8. The van der Waals surface area contributed by atoms with Crippen molar-refractivity contribution in [2.45, 2.75) is 175 Å². The Morgan fingerprint density at radius 2 is 0.837 bits per heavy atom. The molecule has 0 radical (unpaired) electrons. The first kappa shape index (κ1) is 35.8. The van der Waals surface area contributed by atoms with Gasteiger partial charge >= 0.3 is 17.9 Å². The van der Waals surface area contributed by atoms with Crippen molar-refractivity contribution in [2.75, 3.05) is 0 Å². The minimum absolute atomic E-state index is 0.552. The largest absolute Gasteiger partial charge is 0.459 e. The first-order chi connectivity index (χ1) is 19.9. The molecule has 0 spiro atoms. The summed E-state index contributed by atoms with van der Waals surface area (Å²) in [7, 11) is 0. The van der Waals surface area contributed by atoms with E-state index in [-0.39, 0.29) is 0 Å². The molecule has 0 amide bonds. The van der Waals surface area contributed by atoms with Crippen LogP contribution < -0.4 is 0 Å². The molecule has 0 bridgehead atoms. The van der Waals surface area contributed by atoms with E-state index in [2.05, 4.69) is 41.5 Å². The summed E-state index contributed by atoms with van der Waals surface area (Å²) in [6.07, 6.45) is 8.72. The lowest BCUT2D eigenvalue weighted by molar-refractivity contribution is -0.197. The van der Waals surface area contributed by atoms with Crippen molar-refractivity contribution >= 4 is 17.9 Å². The van der Waals surface area contributed by atoms with Crippen LogP contribution in [0.15, 0.2) is 0 Å². The second-order valence-electron chi connectivity index (χ2n) is 16.3. The molecule has 0 aromatic carbocycles. The Bertz CT molecular complexity index is 893. The molecule has 0 saturated heterocycles. The van der Waals surface area contributed by atoms with Gasteiger partial charge in [-0.25, -0.2) is 4.79 Å². The van der Waals surface area contributed by atoms with Crippen molar-refractivity contribution in [3.05, 3.63) is 0 Å². The van der Waals surface area contributed by atoms with Gasteiger partial charge in [-0.15, -0.1) is 0 Å². The topological polar surface area (TPSA) is 99.1 Å². The fourth-order valence-corrected chi connectivity index (χ4v) is 7.68. The van der Waals surface area contributed by atoms with E-state index in [1.165, 1.54) is 0 Å². The predicted molar refractivity (Wildman–Crippen MR) is 168 cm³/mol. The molecular weight excluding hydrogens is 544 g/mol. The number of hydrogen-bond acceptors (Lipinski definition) is 7. The molecule has 7 heteroatoms. The lowest BCUT2D eigenvalue weighted by Crippen LogP contribution is -2.50. The van der Waals surface area contributed by atoms with E-state index >= 15 is 0 Å². The third-order valence-corrected chi connectivity index (χ3v) is 11.4. The van der Waals surface area contributed by atoms with E-state index in [0.717, 1.165) is 64.2 Å². The molecule has 0 heterocycles. The minimum Gasteiger partial charge on any atom is -0.459 e. The summed E-state index contributed by atoms with van der Waals surface area (Å²) in [6.45, 7) is 19.0. The van der Waals surface area contributed by atoms with Crippen molar-refractivity contribution < 1.29 is 33.7 Å². The van der Waals surface area contributed by atoms with Crippen molar-refractivity contribution in [3.63, 3.8) is 0 Å². The average Bonchev–Trinajstić information content (AvgIpc) is 2.88. The van der Waals surface area contributed by atoms with Gasteiger partial charge in [0.25, 0.3) is 0 Å². The van der Waals surface area contributed by atoms with Crippen LogP contribution in [0.2, 0.25) is 0 Å². The third kappa shape index (κ3) is 9.93. The first-order valence-electron chi connectivity index (χ1n) is 17.3. The van der Waals surface area contributed by atoms with Crippen LogP contribution in [0.3, 0.4) is 0 Å². The van der Waals surface area contributed by atoms with Gasteiger partial charge in [-0.3, -0.25) is 9.59 Å². The monoisotopic (exact) mass is 606 g/mol. The molecule has 3 rings (SSSR count). The lowest BCUT2D eigenvalue weighted by atomic mass is 9.75. The molecular formula is C36H62O7. The molecule has 43 heavy (non-hydrogen) atoms. The van der Waals surface area contributed by atoms with Crippen molar-refractivity contribution in [1.29, 1.82) is 0 Å². The minimum atomic E-state index is -2.36. The molecule has 3 aliphatic rings. The standard InChI is InChI=1S/C36H62O7/c1-24(2)27-10-16-33(7,17-11-27)41-30(37)22-36(40,32(39)43-35(9)20-14-29(15-21-35)26(5)6)23-31(38)42-34(8)18-12-28(13-19-34)25(3)4/h24-29,40H,10-23H2,1-9H3. The molecule has 248 valence electrons. The van der Waals surface area contributed by atoms with Gasteiger partial charge in [-0.1, -0.05) is 41.5 Å². The van der Waals surface area contributed by atoms with Crippen LogP contribution in [0.1, 0.15) is 152 Å². The van der Waals surface area contributed by atoms with Crippen molar-refractivity contribution in [1.82, 2.24) is 0 Å². The van der Waals surface area contributed by atoms with Gasteiger partial charge < -0.3 is 19.3 Å². The van der Waals surface area contributed by atoms with E-state index in [1.807, 2.05) is 20.8 Å². The average molecular weight is 607 g/mol. The molecule has 3 fully saturated rings. The predicted octanol–water partition coefficient (Wildman–Crippen LogP) is 7.94. The fourth-order valence-electron chi connectivity index (χ4n) is 7.68. The summed E-state index contributed by atoms with van der Waals surface area (Å²) in [4.78, 5) is 40.4. The lowest BCUT2D eigenvalue weighted by Gasteiger charge is -2.41. The number of rotatable bonds is 11. The highest BCUT2D eigenvalue weighted by Gasteiger charge is 2.49. The van der Waals surface area contributed by atoms with E-state index in [1.54, 1.807) is 0 Å². The van der Waals surface area contributed by atoms with Crippen LogP contribution in [0.4, 0.5) is 0 Å². The first-order valence-corrected chi connectivity index (χ1v) is 17.3. The maximum absolute atomic E-state index is 13.7. The summed E-state index contributed by atoms with van der Waals surface area (Å²) < 4.78 is 17.9. The third-order valence-electron chi connectivity index (χ3n) is 11.4. The zero-order valence-corrected chi connectivity index (χ0v) is 28.8. The van der Waals surface area contributed by atoms with E-state index < -0.39 is 53.2 Å². The Morgan fingerprint density at radius 1 is 0.581 bits per heavy atom. The molecule has 0 unspecified atom stereocenters. The van der Waals surface area contributed by atoms with Crippen molar-refractivity contribution in [3.8, 4) is 0 Å². The summed E-state index contributed by atoms with van der Waals surface area (Å²) in [5.74, 6) is 1.15. The summed E-state index contributed by atoms with van der Waals surface area (Å²) in [5.41, 5.74) is -4.43. The Balaban J connectivity index is 1.71. The number of carbonyl (C=O) groups is 3. The number of aliphatic hydroxyl groups is 1. The van der Waals surface area contributed by atoms with Gasteiger partial charge in [-0.2, -0.15) is 0 Å². The van der Waals surface area contributed by atoms with Gasteiger partial charge in [0.1, 0.15) is 16.8 Å². The van der Waals surface area contributed by atoms with Crippen LogP contribution >= 0.6 is 0 Å². The molecule has 3 saturated carbocycles. The van der Waals surface area contributed by atoms with E-state index in [4.69, 9.17) is 14.2 Å². The van der Waals surface area contributed by atoms with Crippen LogP contribution in [0, 0.1) is 35.5 Å². The Labute approximate surface area is 261 Å². The number of carbonyl (C=O) groups excluding carboxylic acids is 3. The second-order valence-corrected chi connectivity index (χ2v) is 16.3. The Hall–Kier alpha value is -1.63. The summed E-state index contributed by atoms with van der Waals surface area (Å²) in [6, 6.07) is 0. The molecule has 0 aromatic rings. The highest BCUT2D eigenvalue weighted by Crippen LogP contribution is 2.42. The van der Waals surface area contributed by atoms with Gasteiger partial charge in [0, 0.05) is 0 Å². The Morgan fingerprint density at radius 3 is 1.09 bits per heavy atom. The molecule has 0 aromatic heterocycles. The molecule has 0 atom stereocenters. The van der Waals surface area contributed by atoms with Gasteiger partial charge in [0.2, 0.25) is 0 Å². The molecule has 3 aliphatic carbocycles. The van der Waals surface area contributed by atoms with Crippen LogP contribution in [0.25, 0.3) is 0 Å². The summed E-state index contributed by atoms with van der Waals surface area (Å²) >= 11 is 0. The SMILES string of the molecule is CC(C)C1CCC(C)(OC(=O)CC(O)(CC(=O)OC2(C)CCC(C(C)C)CC2)C(=O)OC2(C)CCC(C(C)C)CC2)CC1. The molecule has 1 N–H and O–H groups in total. The second kappa shape index (κ2) is 14.2. The maximum Gasteiger partial charge on any atom is 0.339 e. The van der Waals surface area contributed by atoms with E-state index in [9.17, 15) is 19.5 Å². The number of hydrogen-bond donors (Lipinski definition) is 1. The number of esters is 3. The van der Waals surface area contributed by atoms with Gasteiger partial charge in [0.05, 0.1) is 12.8 Å². The van der Waals surface area contributed by atoms with E-state index in [0.29, 0.717) is 48.3 Å². The van der Waals surface area contributed by atoms with Gasteiger partial charge in [-0.05, 0) is 133 Å². The van der Waals surface area contributed by atoms with Crippen molar-refractivity contribution in [2.24, 2.45) is 35.5 Å². The normalized spacial score (nSPS) is 35.0. The van der Waals surface area contributed by atoms with Crippen LogP contribution in [-0.4, -0.2) is 45.4 Å². The smallest absolute Gasteiger partial charge is 0.339 e. The molecule has 0 aliphatic heterocycles. The van der Waals surface area contributed by atoms with Crippen LogP contribution in [0.5, 0.6) is 0 Å². The highest BCUT2D eigenvalue weighted by atomic mass is 16.6. The van der Waals surface area contributed by atoms with Crippen LogP contribution in [-0.2, 0) is 28.6 Å². The quantitative estimate of drug-likeness (QED) is 0.188. The zero-order chi connectivity index (χ0) is 32.2. The van der Waals surface area contributed by atoms with Gasteiger partial charge in [0.15, 0.2) is 5.60 Å². The fraction of sp³-hybridized carbons (Fsp3) is 0.917. The zero-order valence-electron chi connectivity index (χ0n) is 28.8. The molecule has 7 nitrogen and oxygen atoms in total. The highest BCUT2D eigenvalue weighted by molar-refractivity contribution is 5.90. The number of ether oxygens (including phenoxy) is 3.